The fourth-order valence-electron chi connectivity index (χ4n) is 3.22. The molecule has 0 aliphatic carbocycles. The number of benzene rings is 2. The second-order valence-corrected chi connectivity index (χ2v) is 6.26. The second-order valence-electron chi connectivity index (χ2n) is 6.26. The minimum atomic E-state index is -0.0179. The van der Waals surface area contributed by atoms with E-state index in [4.69, 9.17) is 9.47 Å². The zero-order valence-corrected chi connectivity index (χ0v) is 14.1. The van der Waals surface area contributed by atoms with Crippen molar-refractivity contribution in [2.75, 3.05) is 27.3 Å². The lowest BCUT2D eigenvalue weighted by atomic mass is 9.90. The van der Waals surface area contributed by atoms with E-state index < -0.39 is 0 Å². The molecule has 0 N–H and O–H groups in total. The number of amides is 1. The van der Waals surface area contributed by atoms with Gasteiger partial charge in [0.05, 0.1) is 13.7 Å². The highest BCUT2D eigenvalue weighted by molar-refractivity contribution is 5.81. The summed E-state index contributed by atoms with van der Waals surface area (Å²) in [6, 6.07) is 17.7. The topological polar surface area (TPSA) is 38.8 Å². The molecule has 0 bridgehead atoms. The van der Waals surface area contributed by atoms with Crippen LogP contribution in [0.2, 0.25) is 0 Å². The maximum atomic E-state index is 12.5. The minimum Gasteiger partial charge on any atom is -0.497 e. The molecule has 4 nitrogen and oxygen atoms in total. The molecule has 1 aliphatic rings. The van der Waals surface area contributed by atoms with E-state index in [1.165, 1.54) is 5.56 Å². The molecule has 2 aromatic carbocycles. The van der Waals surface area contributed by atoms with Gasteiger partial charge in [-0.1, -0.05) is 30.3 Å². The molecule has 1 aliphatic heterocycles. The van der Waals surface area contributed by atoms with E-state index in [1.54, 1.807) is 7.11 Å². The Morgan fingerprint density at radius 2 is 1.71 bits per heavy atom. The molecule has 2 aromatic rings. The van der Waals surface area contributed by atoms with Crippen LogP contribution in [0.5, 0.6) is 11.5 Å². The Balaban J connectivity index is 1.64. The van der Waals surface area contributed by atoms with Crippen LogP contribution >= 0.6 is 0 Å². The largest absolute Gasteiger partial charge is 0.497 e. The monoisotopic (exact) mass is 325 g/mol. The number of nitrogens with zero attached hydrogens (tertiary/aromatic N) is 1. The SMILES string of the molecule is COc1ccc(OC[C@@H]2CN(C)C(=O)[C@H]2Cc2ccccc2)cc1. The third-order valence-corrected chi connectivity index (χ3v) is 4.59. The van der Waals surface area contributed by atoms with Gasteiger partial charge in [0.25, 0.3) is 0 Å². The highest BCUT2D eigenvalue weighted by atomic mass is 16.5. The Hall–Kier alpha value is -2.49. The van der Waals surface area contributed by atoms with Crippen molar-refractivity contribution in [3.05, 3.63) is 60.2 Å². The Morgan fingerprint density at radius 1 is 1.04 bits per heavy atom. The van der Waals surface area contributed by atoms with E-state index in [2.05, 4.69) is 12.1 Å². The first-order valence-electron chi connectivity index (χ1n) is 8.23. The highest BCUT2D eigenvalue weighted by Crippen LogP contribution is 2.28. The first-order chi connectivity index (χ1) is 11.7. The zero-order chi connectivity index (χ0) is 16.9. The molecule has 0 aromatic heterocycles. The molecule has 3 rings (SSSR count). The van der Waals surface area contributed by atoms with Gasteiger partial charge in [-0.25, -0.2) is 0 Å². The number of hydrogen-bond acceptors (Lipinski definition) is 3. The van der Waals surface area contributed by atoms with Crippen molar-refractivity contribution in [2.45, 2.75) is 6.42 Å². The van der Waals surface area contributed by atoms with Crippen molar-refractivity contribution in [2.24, 2.45) is 11.8 Å². The summed E-state index contributed by atoms with van der Waals surface area (Å²) in [5.41, 5.74) is 1.19. The van der Waals surface area contributed by atoms with Gasteiger partial charge in [-0.15, -0.1) is 0 Å². The summed E-state index contributed by atoms with van der Waals surface area (Å²) in [5, 5.41) is 0. The number of carbonyl (C=O) groups excluding carboxylic acids is 1. The molecule has 0 unspecified atom stereocenters. The van der Waals surface area contributed by atoms with Gasteiger partial charge in [-0.05, 0) is 36.2 Å². The molecule has 2 atom stereocenters. The van der Waals surface area contributed by atoms with Crippen molar-refractivity contribution < 1.29 is 14.3 Å². The normalized spacial score (nSPS) is 20.2. The van der Waals surface area contributed by atoms with E-state index in [0.717, 1.165) is 24.5 Å². The third-order valence-electron chi connectivity index (χ3n) is 4.59. The number of methoxy groups -OCH3 is 1. The van der Waals surface area contributed by atoms with Crippen LogP contribution < -0.4 is 9.47 Å². The van der Waals surface area contributed by atoms with E-state index >= 15 is 0 Å². The van der Waals surface area contributed by atoms with Crippen LogP contribution in [-0.2, 0) is 11.2 Å². The quantitative estimate of drug-likeness (QED) is 0.819. The van der Waals surface area contributed by atoms with Gasteiger partial charge < -0.3 is 14.4 Å². The van der Waals surface area contributed by atoms with E-state index in [-0.39, 0.29) is 17.7 Å². The third kappa shape index (κ3) is 3.70. The number of ether oxygens (including phenoxy) is 2. The van der Waals surface area contributed by atoms with Gasteiger partial charge in [0, 0.05) is 25.4 Å². The van der Waals surface area contributed by atoms with Crippen LogP contribution in [0, 0.1) is 11.8 Å². The second kappa shape index (κ2) is 7.39. The summed E-state index contributed by atoms with van der Waals surface area (Å²) in [6.07, 6.45) is 0.765. The lowest BCUT2D eigenvalue weighted by Gasteiger charge is -2.17. The van der Waals surface area contributed by atoms with Gasteiger partial charge >= 0.3 is 0 Å². The average molecular weight is 325 g/mol. The first kappa shape index (κ1) is 16.4. The summed E-state index contributed by atoms with van der Waals surface area (Å²) in [6.45, 7) is 1.28. The van der Waals surface area contributed by atoms with Gasteiger partial charge in [-0.2, -0.15) is 0 Å². The number of likely N-dealkylation sites (tertiary alicyclic amines) is 1. The number of carbonyl (C=O) groups is 1. The zero-order valence-electron chi connectivity index (χ0n) is 14.1. The van der Waals surface area contributed by atoms with Crippen molar-refractivity contribution >= 4 is 5.91 Å². The lowest BCUT2D eigenvalue weighted by molar-refractivity contribution is -0.130. The van der Waals surface area contributed by atoms with Gasteiger partial charge in [-0.3, -0.25) is 4.79 Å². The van der Waals surface area contributed by atoms with Crippen LogP contribution in [0.1, 0.15) is 5.56 Å². The van der Waals surface area contributed by atoms with Crippen molar-refractivity contribution in [1.82, 2.24) is 4.90 Å². The summed E-state index contributed by atoms with van der Waals surface area (Å²) < 4.78 is 11.1. The van der Waals surface area contributed by atoms with Gasteiger partial charge in [0.15, 0.2) is 0 Å². The fraction of sp³-hybridized carbons (Fsp3) is 0.350. The van der Waals surface area contributed by atoms with Gasteiger partial charge in [0.2, 0.25) is 5.91 Å². The molecule has 1 amide bonds. The van der Waals surface area contributed by atoms with E-state index in [9.17, 15) is 4.79 Å². The predicted molar refractivity (Wildman–Crippen MR) is 93.3 cm³/mol. The van der Waals surface area contributed by atoms with Crippen LogP contribution in [0.3, 0.4) is 0 Å². The van der Waals surface area contributed by atoms with Crippen LogP contribution in [0.25, 0.3) is 0 Å². The molecule has 1 saturated heterocycles. The van der Waals surface area contributed by atoms with E-state index in [0.29, 0.717) is 6.61 Å². The van der Waals surface area contributed by atoms with Crippen LogP contribution in [0.4, 0.5) is 0 Å². The summed E-state index contributed by atoms with van der Waals surface area (Å²) in [5.74, 6) is 2.00. The average Bonchev–Trinajstić information content (AvgIpc) is 2.89. The molecule has 0 spiro atoms. The van der Waals surface area contributed by atoms with Crippen molar-refractivity contribution in [3.8, 4) is 11.5 Å². The van der Waals surface area contributed by atoms with E-state index in [1.807, 2.05) is 54.4 Å². The van der Waals surface area contributed by atoms with Crippen LogP contribution in [-0.4, -0.2) is 38.1 Å². The molecular formula is C20H23NO3. The Labute approximate surface area is 143 Å². The maximum Gasteiger partial charge on any atom is 0.226 e. The predicted octanol–water partition coefficient (Wildman–Crippen LogP) is 3.02. The summed E-state index contributed by atoms with van der Waals surface area (Å²) >= 11 is 0. The molecule has 24 heavy (non-hydrogen) atoms. The minimum absolute atomic E-state index is 0.0179. The summed E-state index contributed by atoms with van der Waals surface area (Å²) in [4.78, 5) is 14.3. The standard InChI is InChI=1S/C20H23NO3/c1-21-13-16(14-24-18-10-8-17(23-2)9-11-18)19(20(21)22)12-15-6-4-3-5-7-15/h3-11,16,19H,12-14H2,1-2H3/t16-,19-/m0/s1. The Kier molecular flexibility index (Phi) is 5.04. The molecule has 1 heterocycles. The first-order valence-corrected chi connectivity index (χ1v) is 8.23. The Morgan fingerprint density at radius 3 is 2.38 bits per heavy atom. The summed E-state index contributed by atoms with van der Waals surface area (Å²) in [7, 11) is 3.51. The molecule has 0 radical (unpaired) electrons. The van der Waals surface area contributed by atoms with Crippen molar-refractivity contribution in [1.29, 1.82) is 0 Å². The van der Waals surface area contributed by atoms with Gasteiger partial charge in [0.1, 0.15) is 11.5 Å². The number of hydrogen-bond donors (Lipinski definition) is 0. The molecule has 1 fully saturated rings. The lowest BCUT2D eigenvalue weighted by Crippen LogP contribution is -2.25. The van der Waals surface area contributed by atoms with Crippen molar-refractivity contribution in [3.63, 3.8) is 0 Å². The molecule has 0 saturated carbocycles. The molecule has 126 valence electrons. The smallest absolute Gasteiger partial charge is 0.226 e. The molecular weight excluding hydrogens is 302 g/mol. The Bertz CT molecular complexity index is 669. The van der Waals surface area contributed by atoms with Crippen LogP contribution in [0.15, 0.2) is 54.6 Å². The fourth-order valence-corrected chi connectivity index (χ4v) is 3.22. The number of rotatable bonds is 6. The highest BCUT2D eigenvalue weighted by Gasteiger charge is 2.38. The molecule has 4 heteroatoms. The maximum absolute atomic E-state index is 12.5.